The molecule has 2 aromatic carbocycles. The van der Waals surface area contributed by atoms with Gasteiger partial charge < -0.3 is 5.11 Å². The van der Waals surface area contributed by atoms with E-state index in [2.05, 4.69) is 32.7 Å². The second-order valence-electron chi connectivity index (χ2n) is 5.79. The number of carbonyl (C=O) groups is 1. The number of benzene rings is 2. The lowest BCUT2D eigenvalue weighted by molar-refractivity contribution is 0.0697. The molecule has 0 aliphatic heterocycles. The predicted octanol–water partition coefficient (Wildman–Crippen LogP) is 5.69. The molecule has 1 aromatic heterocycles. The van der Waals surface area contributed by atoms with Gasteiger partial charge >= 0.3 is 5.97 Å². The number of hydrogen-bond donors (Lipinski definition) is 2. The van der Waals surface area contributed by atoms with Crippen LogP contribution in [0.2, 0.25) is 0 Å². The number of unbranched alkanes of at least 4 members (excludes halogenated alkanes) is 1. The molecule has 0 unspecified atom stereocenters. The van der Waals surface area contributed by atoms with Crippen LogP contribution in [0.5, 0.6) is 0 Å². The maximum Gasteiger partial charge on any atom is 0.335 e. The first-order chi connectivity index (χ1) is 13.2. The molecule has 0 aliphatic rings. The molecule has 0 amide bonds. The van der Waals surface area contributed by atoms with Crippen LogP contribution >= 0.6 is 11.3 Å². The number of hydrogen-bond acceptors (Lipinski definition) is 6. The van der Waals surface area contributed by atoms with Crippen molar-refractivity contribution in [3.63, 3.8) is 0 Å². The molecule has 8 heteroatoms. The Balaban J connectivity index is 1.73. The zero-order valence-electron chi connectivity index (χ0n) is 14.8. The number of anilines is 1. The Kier molecular flexibility index (Phi) is 6.22. The van der Waals surface area contributed by atoms with E-state index in [9.17, 15) is 4.79 Å². The molecule has 7 nitrogen and oxygen atoms in total. The first-order valence-electron chi connectivity index (χ1n) is 8.59. The number of aromatic nitrogens is 1. The van der Waals surface area contributed by atoms with E-state index in [0.29, 0.717) is 23.1 Å². The maximum absolute atomic E-state index is 10.9. The molecule has 0 saturated heterocycles. The molecular weight excluding hydrogens is 362 g/mol. The monoisotopic (exact) mass is 381 g/mol. The molecule has 3 rings (SSSR count). The molecule has 0 bridgehead atoms. The highest BCUT2D eigenvalue weighted by atomic mass is 32.1. The molecule has 0 spiro atoms. The van der Waals surface area contributed by atoms with E-state index in [0.717, 1.165) is 23.1 Å². The first-order valence-corrected chi connectivity index (χ1v) is 9.40. The average Bonchev–Trinajstić information content (AvgIpc) is 3.10. The largest absolute Gasteiger partial charge is 0.478 e. The summed E-state index contributed by atoms with van der Waals surface area (Å²) < 4.78 is 1.06. The van der Waals surface area contributed by atoms with Crippen LogP contribution in [-0.4, -0.2) is 21.9 Å². The summed E-state index contributed by atoms with van der Waals surface area (Å²) in [4.78, 5) is 15.3. The van der Waals surface area contributed by atoms with E-state index in [4.69, 9.17) is 5.11 Å². The van der Waals surface area contributed by atoms with Gasteiger partial charge in [-0.2, -0.15) is 5.10 Å². The van der Waals surface area contributed by atoms with Gasteiger partial charge in [0.1, 0.15) is 0 Å². The van der Waals surface area contributed by atoms with Crippen LogP contribution in [0.25, 0.3) is 10.2 Å². The number of hydrazone groups is 1. The first kappa shape index (κ1) is 18.7. The molecular formula is C19H19N5O2S. The molecule has 0 saturated carbocycles. The van der Waals surface area contributed by atoms with Gasteiger partial charge in [0.25, 0.3) is 0 Å². The molecule has 1 heterocycles. The molecule has 3 aromatic rings. The number of carboxylic acid groups (broad SMARTS) is 1. The number of carboxylic acids is 1. The summed E-state index contributed by atoms with van der Waals surface area (Å²) in [6.45, 7) is 2.10. The van der Waals surface area contributed by atoms with E-state index in [1.54, 1.807) is 12.1 Å². The number of nitrogens with one attached hydrogen (secondary N) is 1. The number of thiazole rings is 1. The zero-order chi connectivity index (χ0) is 19.1. The summed E-state index contributed by atoms with van der Waals surface area (Å²) >= 11 is 1.48. The third-order valence-corrected chi connectivity index (χ3v) is 4.65. The Hall–Kier alpha value is -3.13. The number of amidine groups is 1. The lowest BCUT2D eigenvalue weighted by Crippen LogP contribution is -2.00. The van der Waals surface area contributed by atoms with Gasteiger partial charge in [-0.1, -0.05) is 36.8 Å². The van der Waals surface area contributed by atoms with Gasteiger partial charge in [0.2, 0.25) is 5.13 Å². The second kappa shape index (κ2) is 9.00. The third-order valence-electron chi connectivity index (χ3n) is 3.73. The Morgan fingerprint density at radius 1 is 1.19 bits per heavy atom. The number of nitrogens with zero attached hydrogens (tertiary/aromatic N) is 4. The third kappa shape index (κ3) is 5.18. The summed E-state index contributed by atoms with van der Waals surface area (Å²) in [5.41, 5.74) is 4.72. The fourth-order valence-electron chi connectivity index (χ4n) is 2.28. The number of azo groups is 1. The Morgan fingerprint density at radius 2 is 1.96 bits per heavy atom. The molecule has 138 valence electrons. The minimum atomic E-state index is -0.960. The van der Waals surface area contributed by atoms with Crippen LogP contribution in [0.4, 0.5) is 10.8 Å². The van der Waals surface area contributed by atoms with Crippen LogP contribution in [0.15, 0.2) is 63.9 Å². The number of para-hydroxylation sites is 1. The van der Waals surface area contributed by atoms with Crippen molar-refractivity contribution in [2.75, 3.05) is 5.43 Å². The molecule has 0 aliphatic carbocycles. The lowest BCUT2D eigenvalue weighted by Gasteiger charge is -2.03. The van der Waals surface area contributed by atoms with E-state index in [1.165, 1.54) is 23.5 Å². The van der Waals surface area contributed by atoms with Crippen molar-refractivity contribution in [3.05, 3.63) is 54.1 Å². The van der Waals surface area contributed by atoms with Crippen molar-refractivity contribution in [1.29, 1.82) is 0 Å². The lowest BCUT2D eigenvalue weighted by atomic mass is 10.2. The summed E-state index contributed by atoms with van der Waals surface area (Å²) in [6, 6.07) is 14.2. The molecule has 2 N–H and O–H groups in total. The molecule has 27 heavy (non-hydrogen) atoms. The van der Waals surface area contributed by atoms with E-state index in [-0.39, 0.29) is 5.56 Å². The molecule has 0 radical (unpaired) electrons. The fourth-order valence-corrected chi connectivity index (χ4v) is 3.07. The van der Waals surface area contributed by atoms with E-state index in [1.807, 2.05) is 24.3 Å². The highest BCUT2D eigenvalue weighted by Gasteiger charge is 2.04. The van der Waals surface area contributed by atoms with Gasteiger partial charge in [0.15, 0.2) is 5.84 Å². The fraction of sp³-hybridized carbons (Fsp3) is 0.211. The summed E-state index contributed by atoms with van der Waals surface area (Å²) in [6.07, 6.45) is 2.64. The Labute approximate surface area is 160 Å². The average molecular weight is 381 g/mol. The van der Waals surface area contributed by atoms with Gasteiger partial charge in [0, 0.05) is 6.42 Å². The number of fused-ring (bicyclic) bond motifs is 1. The number of rotatable bonds is 7. The van der Waals surface area contributed by atoms with Crippen molar-refractivity contribution in [2.24, 2.45) is 15.3 Å². The Morgan fingerprint density at radius 3 is 2.67 bits per heavy atom. The number of aromatic carboxylic acids is 1. The Bertz CT molecular complexity index is 946. The van der Waals surface area contributed by atoms with E-state index >= 15 is 0 Å². The van der Waals surface area contributed by atoms with Gasteiger partial charge in [-0.25, -0.2) is 9.78 Å². The van der Waals surface area contributed by atoms with Crippen molar-refractivity contribution in [2.45, 2.75) is 26.2 Å². The van der Waals surface area contributed by atoms with Gasteiger partial charge in [-0.05, 0) is 42.8 Å². The smallest absolute Gasteiger partial charge is 0.335 e. The van der Waals surface area contributed by atoms with Crippen molar-refractivity contribution < 1.29 is 9.90 Å². The quantitative estimate of drug-likeness (QED) is 0.237. The zero-order valence-corrected chi connectivity index (χ0v) is 15.6. The standard InChI is InChI=1S/C19H19N5O2S/c1-2-3-8-17(22-21-14-11-9-13(10-12-14)18(25)26)23-24-19-20-15-6-4-5-7-16(15)27-19/h4-7,9-12,21H,2-3,8H2,1H3,(H,25,26)/b22-17+,24-23?. The van der Waals surface area contributed by atoms with Crippen LogP contribution in [0, 0.1) is 0 Å². The van der Waals surface area contributed by atoms with Gasteiger partial charge in [-0.3, -0.25) is 5.43 Å². The van der Waals surface area contributed by atoms with Crippen molar-refractivity contribution in [1.82, 2.24) is 4.98 Å². The topological polar surface area (TPSA) is 99.3 Å². The summed E-state index contributed by atoms with van der Waals surface area (Å²) in [5.74, 6) is -0.392. The highest BCUT2D eigenvalue weighted by Crippen LogP contribution is 2.27. The van der Waals surface area contributed by atoms with Crippen LogP contribution < -0.4 is 5.43 Å². The SMILES string of the molecule is CCCC/C(N=Nc1nc2ccccc2s1)=N\Nc1ccc(C(=O)O)cc1. The molecule has 0 atom stereocenters. The van der Waals surface area contributed by atoms with Gasteiger partial charge in [-0.15, -0.1) is 10.2 Å². The normalized spacial score (nSPS) is 12.0. The maximum atomic E-state index is 10.9. The van der Waals surface area contributed by atoms with Crippen LogP contribution in [-0.2, 0) is 0 Å². The summed E-state index contributed by atoms with van der Waals surface area (Å²) in [7, 11) is 0. The van der Waals surface area contributed by atoms with Gasteiger partial charge in [0.05, 0.1) is 21.5 Å². The second-order valence-corrected chi connectivity index (χ2v) is 6.80. The minimum Gasteiger partial charge on any atom is -0.478 e. The predicted molar refractivity (Wildman–Crippen MR) is 108 cm³/mol. The summed E-state index contributed by atoms with van der Waals surface area (Å²) in [5, 5.41) is 22.3. The van der Waals surface area contributed by atoms with Crippen LogP contribution in [0.3, 0.4) is 0 Å². The van der Waals surface area contributed by atoms with Crippen molar-refractivity contribution in [3.8, 4) is 0 Å². The van der Waals surface area contributed by atoms with E-state index < -0.39 is 5.97 Å². The highest BCUT2D eigenvalue weighted by molar-refractivity contribution is 7.21. The van der Waals surface area contributed by atoms with Crippen LogP contribution in [0.1, 0.15) is 36.5 Å². The minimum absolute atomic E-state index is 0.228. The molecule has 0 fully saturated rings. The van der Waals surface area contributed by atoms with Crippen molar-refractivity contribution >= 4 is 44.2 Å².